The Kier molecular flexibility index (Phi) is 3.56. The summed E-state index contributed by atoms with van der Waals surface area (Å²) in [7, 11) is 1.68. The number of benzene rings is 1. The summed E-state index contributed by atoms with van der Waals surface area (Å²) in [4.78, 5) is 14.9. The molecule has 0 aliphatic carbocycles. The largest absolute Gasteiger partial charge is 0.478 e. The maximum atomic E-state index is 10.8. The maximum Gasteiger partial charge on any atom is 0.335 e. The average molecular weight is 255 g/mol. The van der Waals surface area contributed by atoms with E-state index in [1.807, 2.05) is 12.1 Å². The van der Waals surface area contributed by atoms with E-state index in [2.05, 4.69) is 16.7 Å². The van der Waals surface area contributed by atoms with Crippen LogP contribution in [0.1, 0.15) is 10.4 Å². The van der Waals surface area contributed by atoms with E-state index in [1.54, 1.807) is 42.2 Å². The van der Waals surface area contributed by atoms with Gasteiger partial charge in [0, 0.05) is 18.8 Å². The van der Waals surface area contributed by atoms with Crippen molar-refractivity contribution in [3.8, 4) is 11.3 Å². The average Bonchev–Trinajstić information content (AvgIpc) is 2.46. The van der Waals surface area contributed by atoms with Crippen LogP contribution < -0.4 is 5.49 Å². The molecule has 0 radical (unpaired) electrons. The van der Waals surface area contributed by atoms with Gasteiger partial charge in [-0.2, -0.15) is 5.10 Å². The van der Waals surface area contributed by atoms with Crippen molar-refractivity contribution in [2.45, 2.75) is 0 Å². The number of rotatable bonds is 3. The van der Waals surface area contributed by atoms with Gasteiger partial charge in [0.25, 0.3) is 0 Å². The molecule has 0 bridgehead atoms. The lowest BCUT2D eigenvalue weighted by molar-refractivity contribution is 0.0697. The molecule has 2 rings (SSSR count). The number of hydrogen-bond donors (Lipinski definition) is 1. The molecule has 1 heterocycles. The number of carboxylic acids is 1. The van der Waals surface area contributed by atoms with Gasteiger partial charge in [0.2, 0.25) is 0 Å². The highest BCUT2D eigenvalue weighted by atomic mass is 16.4. The minimum atomic E-state index is -0.944. The highest BCUT2D eigenvalue weighted by Crippen LogP contribution is 2.16. The number of aromatic nitrogens is 2. The molecule has 1 aromatic heterocycles. The normalized spacial score (nSPS) is 11.3. The first-order valence-electron chi connectivity index (χ1n) is 5.64. The Morgan fingerprint density at radius 1 is 1.32 bits per heavy atom. The van der Waals surface area contributed by atoms with Crippen LogP contribution >= 0.6 is 0 Å². The van der Waals surface area contributed by atoms with Gasteiger partial charge in [-0.15, -0.1) is 0 Å². The fourth-order valence-electron chi connectivity index (χ4n) is 1.68. The molecule has 1 N–H and O–H groups in total. The Balaban J connectivity index is 2.47. The molecule has 0 spiro atoms. The lowest BCUT2D eigenvalue weighted by Crippen LogP contribution is -2.18. The van der Waals surface area contributed by atoms with Crippen molar-refractivity contribution in [1.29, 1.82) is 0 Å². The van der Waals surface area contributed by atoms with Crippen molar-refractivity contribution >= 4 is 12.2 Å². The number of hydrogen-bond acceptors (Lipinski definition) is 3. The van der Waals surface area contributed by atoms with Crippen LogP contribution in [0.15, 0.2) is 48.0 Å². The van der Waals surface area contributed by atoms with Gasteiger partial charge in [-0.25, -0.2) is 9.48 Å². The molecule has 5 heteroatoms. The van der Waals surface area contributed by atoms with Crippen LogP contribution in [0.3, 0.4) is 0 Å². The first-order valence-corrected chi connectivity index (χ1v) is 5.64. The van der Waals surface area contributed by atoms with Crippen molar-refractivity contribution < 1.29 is 9.90 Å². The first-order chi connectivity index (χ1) is 9.15. The van der Waals surface area contributed by atoms with Crippen molar-refractivity contribution in [2.24, 2.45) is 4.99 Å². The number of nitrogens with zero attached hydrogens (tertiary/aromatic N) is 3. The van der Waals surface area contributed by atoms with E-state index in [0.717, 1.165) is 11.3 Å². The van der Waals surface area contributed by atoms with E-state index in [1.165, 1.54) is 0 Å². The summed E-state index contributed by atoms with van der Waals surface area (Å²) >= 11 is 0. The molecule has 0 saturated carbocycles. The Labute approximate surface area is 110 Å². The van der Waals surface area contributed by atoms with Gasteiger partial charge in [-0.1, -0.05) is 18.7 Å². The molecule has 0 amide bonds. The van der Waals surface area contributed by atoms with Crippen LogP contribution in [0.4, 0.5) is 0 Å². The van der Waals surface area contributed by atoms with Gasteiger partial charge < -0.3 is 5.11 Å². The van der Waals surface area contributed by atoms with Crippen molar-refractivity contribution in [3.63, 3.8) is 0 Å². The van der Waals surface area contributed by atoms with Crippen LogP contribution in [0.2, 0.25) is 0 Å². The van der Waals surface area contributed by atoms with E-state index in [0.29, 0.717) is 5.49 Å². The van der Waals surface area contributed by atoms with Gasteiger partial charge in [0.1, 0.15) is 5.49 Å². The zero-order chi connectivity index (χ0) is 13.8. The van der Waals surface area contributed by atoms with Crippen LogP contribution in [-0.2, 0) is 0 Å². The third kappa shape index (κ3) is 2.60. The van der Waals surface area contributed by atoms with Gasteiger partial charge in [0.05, 0.1) is 11.3 Å². The minimum absolute atomic E-state index is 0.250. The Morgan fingerprint density at radius 3 is 2.53 bits per heavy atom. The molecule has 0 aliphatic rings. The molecule has 0 unspecified atom stereocenters. The fourth-order valence-corrected chi connectivity index (χ4v) is 1.68. The molecule has 19 heavy (non-hydrogen) atoms. The summed E-state index contributed by atoms with van der Waals surface area (Å²) in [6, 6.07) is 10.2. The molecule has 5 nitrogen and oxygen atoms in total. The maximum absolute atomic E-state index is 10.8. The van der Waals surface area contributed by atoms with Gasteiger partial charge in [-0.05, 0) is 24.3 Å². The summed E-state index contributed by atoms with van der Waals surface area (Å²) < 4.78 is 1.57. The van der Waals surface area contributed by atoms with Crippen molar-refractivity contribution in [2.75, 3.05) is 7.05 Å². The smallest absolute Gasteiger partial charge is 0.335 e. The highest BCUT2D eigenvalue weighted by molar-refractivity contribution is 5.88. The second kappa shape index (κ2) is 5.30. The minimum Gasteiger partial charge on any atom is -0.478 e. The second-order valence-corrected chi connectivity index (χ2v) is 3.81. The molecule has 96 valence electrons. The van der Waals surface area contributed by atoms with E-state index in [-0.39, 0.29) is 5.56 Å². The summed E-state index contributed by atoms with van der Waals surface area (Å²) in [6.07, 6.45) is 1.57. The van der Waals surface area contributed by atoms with Gasteiger partial charge >= 0.3 is 5.97 Å². The first kappa shape index (κ1) is 12.8. The summed E-state index contributed by atoms with van der Waals surface area (Å²) in [5, 5.41) is 13.2. The monoisotopic (exact) mass is 255 g/mol. The SMILES string of the molecule is C=Cn1nc(-c2ccc(C(=O)O)cc2)ccc1=NC. The van der Waals surface area contributed by atoms with E-state index >= 15 is 0 Å². The van der Waals surface area contributed by atoms with E-state index < -0.39 is 5.97 Å². The highest BCUT2D eigenvalue weighted by Gasteiger charge is 2.04. The van der Waals surface area contributed by atoms with Gasteiger partial charge in [-0.3, -0.25) is 4.99 Å². The summed E-state index contributed by atoms with van der Waals surface area (Å²) in [5.41, 5.74) is 2.51. The predicted octanol–water partition coefficient (Wildman–Crippen LogP) is 1.88. The van der Waals surface area contributed by atoms with Gasteiger partial charge in [0.15, 0.2) is 0 Å². The quantitative estimate of drug-likeness (QED) is 0.910. The standard InChI is InChI=1S/C14H13N3O2/c1-3-17-13(15-2)9-8-12(16-17)10-4-6-11(7-5-10)14(18)19/h3-9H,1H2,2H3,(H,18,19). The Morgan fingerprint density at radius 2 is 2.00 bits per heavy atom. The fraction of sp³-hybridized carbons (Fsp3) is 0.0714. The molecule has 0 fully saturated rings. The molecule has 0 atom stereocenters. The van der Waals surface area contributed by atoms with Crippen molar-refractivity contribution in [1.82, 2.24) is 9.78 Å². The number of carboxylic acid groups (broad SMARTS) is 1. The second-order valence-electron chi connectivity index (χ2n) is 3.81. The Hall–Kier alpha value is -2.69. The van der Waals surface area contributed by atoms with Crippen molar-refractivity contribution in [3.05, 3.63) is 54.0 Å². The summed E-state index contributed by atoms with van der Waals surface area (Å²) in [6.45, 7) is 3.67. The lowest BCUT2D eigenvalue weighted by Gasteiger charge is -2.05. The lowest BCUT2D eigenvalue weighted by atomic mass is 10.1. The Bertz CT molecular complexity index is 685. The van der Waals surface area contributed by atoms with Crippen LogP contribution in [0, 0.1) is 0 Å². The third-order valence-electron chi connectivity index (χ3n) is 2.67. The molecule has 0 saturated heterocycles. The van der Waals surface area contributed by atoms with Crippen LogP contribution in [0.5, 0.6) is 0 Å². The van der Waals surface area contributed by atoms with E-state index in [9.17, 15) is 4.79 Å². The topological polar surface area (TPSA) is 67.5 Å². The molecule has 2 aromatic rings. The summed E-state index contributed by atoms with van der Waals surface area (Å²) in [5.74, 6) is -0.944. The molecular formula is C14H13N3O2. The zero-order valence-corrected chi connectivity index (χ0v) is 10.4. The molecule has 1 aromatic carbocycles. The van der Waals surface area contributed by atoms with Crippen LogP contribution in [-0.4, -0.2) is 27.9 Å². The molecular weight excluding hydrogens is 242 g/mol. The van der Waals surface area contributed by atoms with E-state index in [4.69, 9.17) is 5.11 Å². The third-order valence-corrected chi connectivity index (χ3v) is 2.67. The zero-order valence-electron chi connectivity index (χ0n) is 10.4. The molecule has 0 aliphatic heterocycles. The number of aromatic carboxylic acids is 1. The van der Waals surface area contributed by atoms with Crippen LogP contribution in [0.25, 0.3) is 17.5 Å². The number of carbonyl (C=O) groups is 1. The predicted molar refractivity (Wildman–Crippen MR) is 72.5 cm³/mol.